The number of carbonyl (C=O) groups excluding carboxylic acids is 1. The molecule has 2 N–H and O–H groups in total. The van der Waals surface area contributed by atoms with Gasteiger partial charge in [-0.25, -0.2) is 9.78 Å². The molecule has 0 atom stereocenters. The molecule has 0 unspecified atom stereocenters. The zero-order valence-corrected chi connectivity index (χ0v) is 19.0. The number of hydrogen-bond donors (Lipinski definition) is 2. The molecule has 0 radical (unpaired) electrons. The van der Waals surface area contributed by atoms with Crippen molar-refractivity contribution in [1.82, 2.24) is 14.9 Å². The number of H-pyrrole nitrogens is 1. The number of nitrogens with one attached hydrogen (secondary N) is 2. The highest BCUT2D eigenvalue weighted by atomic mass is 19.4. The van der Waals surface area contributed by atoms with Crippen molar-refractivity contribution in [2.75, 3.05) is 26.1 Å². The van der Waals surface area contributed by atoms with Crippen LogP contribution in [0.4, 0.5) is 23.7 Å². The summed E-state index contributed by atoms with van der Waals surface area (Å²) < 4.78 is 49.4. The van der Waals surface area contributed by atoms with Gasteiger partial charge in [0.15, 0.2) is 0 Å². The highest BCUT2D eigenvalue weighted by molar-refractivity contribution is 5.91. The third-order valence-electron chi connectivity index (χ3n) is 5.68. The molecule has 184 valence electrons. The number of aromatic amines is 1. The first-order valence-electron chi connectivity index (χ1n) is 10.7. The van der Waals surface area contributed by atoms with Gasteiger partial charge in [-0.05, 0) is 23.8 Å². The average molecular weight is 488 g/mol. The zero-order chi connectivity index (χ0) is 25.2. The lowest BCUT2D eigenvalue weighted by molar-refractivity contribution is -0.137. The van der Waals surface area contributed by atoms with E-state index in [1.54, 1.807) is 24.3 Å². The average Bonchev–Trinajstić information content (AvgIpc) is 2.83. The number of hydrogen-bond acceptors (Lipinski definition) is 5. The van der Waals surface area contributed by atoms with Gasteiger partial charge in [-0.1, -0.05) is 18.2 Å². The Bertz CT molecular complexity index is 1310. The number of methoxy groups -OCH3 is 2. The van der Waals surface area contributed by atoms with Crippen LogP contribution in [-0.2, 0) is 25.6 Å². The van der Waals surface area contributed by atoms with Gasteiger partial charge in [0.25, 0.3) is 5.56 Å². The maximum Gasteiger partial charge on any atom is 0.416 e. The van der Waals surface area contributed by atoms with Crippen LogP contribution in [0.3, 0.4) is 0 Å². The van der Waals surface area contributed by atoms with Crippen molar-refractivity contribution in [3.05, 3.63) is 81.0 Å². The normalized spacial score (nSPS) is 13.2. The third-order valence-corrected chi connectivity index (χ3v) is 5.68. The van der Waals surface area contributed by atoms with Crippen molar-refractivity contribution in [2.45, 2.75) is 25.6 Å². The first-order chi connectivity index (χ1) is 16.7. The van der Waals surface area contributed by atoms with Crippen LogP contribution >= 0.6 is 0 Å². The summed E-state index contributed by atoms with van der Waals surface area (Å²) in [6.07, 6.45) is -4.07. The number of carbonyl (C=O) groups is 1. The lowest BCUT2D eigenvalue weighted by atomic mass is 10.1. The van der Waals surface area contributed by atoms with Gasteiger partial charge in [-0.2, -0.15) is 13.2 Å². The Hall–Kier alpha value is -4.02. The number of ether oxygens (including phenoxy) is 2. The van der Waals surface area contributed by atoms with Crippen LogP contribution in [0.5, 0.6) is 11.5 Å². The predicted molar refractivity (Wildman–Crippen MR) is 122 cm³/mol. The van der Waals surface area contributed by atoms with E-state index >= 15 is 0 Å². The Balaban J connectivity index is 1.49. The molecule has 3 aromatic rings. The first-order valence-corrected chi connectivity index (χ1v) is 10.7. The van der Waals surface area contributed by atoms with Gasteiger partial charge in [-0.15, -0.1) is 0 Å². The van der Waals surface area contributed by atoms with Crippen molar-refractivity contribution in [1.29, 1.82) is 0 Å². The molecule has 35 heavy (non-hydrogen) atoms. The number of halogens is 3. The second-order valence-electron chi connectivity index (χ2n) is 7.98. The molecule has 2 aromatic carbocycles. The summed E-state index contributed by atoms with van der Waals surface area (Å²) in [4.78, 5) is 34.1. The fraction of sp³-hybridized carbons (Fsp3) is 0.292. The highest BCUT2D eigenvalue weighted by Crippen LogP contribution is 2.31. The molecular weight excluding hydrogens is 465 g/mol. The molecule has 0 aliphatic carbocycles. The van der Waals surface area contributed by atoms with E-state index < -0.39 is 23.3 Å². The number of alkyl halides is 3. The van der Waals surface area contributed by atoms with Gasteiger partial charge < -0.3 is 24.7 Å². The van der Waals surface area contributed by atoms with Crippen LogP contribution in [-0.4, -0.2) is 41.7 Å². The number of amides is 2. The second-order valence-corrected chi connectivity index (χ2v) is 7.98. The molecule has 2 amide bonds. The van der Waals surface area contributed by atoms with Crippen LogP contribution < -0.4 is 20.3 Å². The Morgan fingerprint density at radius 3 is 2.69 bits per heavy atom. The molecule has 1 aromatic heterocycles. The second kappa shape index (κ2) is 9.69. The lowest BCUT2D eigenvalue weighted by Gasteiger charge is -2.28. The van der Waals surface area contributed by atoms with E-state index in [0.717, 1.165) is 12.1 Å². The van der Waals surface area contributed by atoms with Gasteiger partial charge in [0.2, 0.25) is 0 Å². The third kappa shape index (κ3) is 5.39. The predicted octanol–water partition coefficient (Wildman–Crippen LogP) is 3.99. The molecule has 0 fully saturated rings. The van der Waals surface area contributed by atoms with E-state index in [1.165, 1.54) is 25.2 Å². The molecule has 2 heterocycles. The topological polar surface area (TPSA) is 96.5 Å². The molecule has 0 bridgehead atoms. The number of aromatic nitrogens is 2. The number of nitrogens with zero attached hydrogens (tertiary/aromatic N) is 2. The molecule has 11 heteroatoms. The highest BCUT2D eigenvalue weighted by Gasteiger charge is 2.30. The molecule has 0 saturated heterocycles. The molecule has 0 saturated carbocycles. The Kier molecular flexibility index (Phi) is 6.68. The fourth-order valence-electron chi connectivity index (χ4n) is 3.88. The number of rotatable bonds is 5. The van der Waals surface area contributed by atoms with Crippen LogP contribution in [0, 0.1) is 0 Å². The Morgan fingerprint density at radius 1 is 1.17 bits per heavy atom. The number of benzene rings is 2. The largest absolute Gasteiger partial charge is 0.497 e. The minimum absolute atomic E-state index is 0.0474. The maximum atomic E-state index is 13.0. The standard InChI is InChI=1S/C24H23F3N4O4/c1-34-16-6-7-19(20(12-16)35-2)29-23(33)31-9-8-18-17(13-31)22(32)30-21(28-18)11-14-4-3-5-15(10-14)24(25,26)27/h3-7,10,12H,8-9,11,13H2,1-2H3,(H,29,33)(H,28,30,32). The first kappa shape index (κ1) is 24.1. The maximum absolute atomic E-state index is 13.0. The van der Waals surface area contributed by atoms with E-state index in [0.29, 0.717) is 47.0 Å². The Labute approximate surface area is 198 Å². The quantitative estimate of drug-likeness (QED) is 0.566. The van der Waals surface area contributed by atoms with E-state index in [4.69, 9.17) is 9.47 Å². The summed E-state index contributed by atoms with van der Waals surface area (Å²) in [6, 6.07) is 9.48. The minimum Gasteiger partial charge on any atom is -0.497 e. The molecule has 1 aliphatic rings. The Morgan fingerprint density at radius 2 is 1.97 bits per heavy atom. The summed E-state index contributed by atoms with van der Waals surface area (Å²) in [7, 11) is 3.00. The van der Waals surface area contributed by atoms with Crippen LogP contribution in [0.25, 0.3) is 0 Å². The van der Waals surface area contributed by atoms with E-state index in [2.05, 4.69) is 15.3 Å². The van der Waals surface area contributed by atoms with E-state index in [-0.39, 0.29) is 18.8 Å². The van der Waals surface area contributed by atoms with Gasteiger partial charge in [0.05, 0.1) is 43.3 Å². The lowest BCUT2D eigenvalue weighted by Crippen LogP contribution is -2.42. The van der Waals surface area contributed by atoms with Gasteiger partial charge >= 0.3 is 12.2 Å². The summed E-state index contributed by atoms with van der Waals surface area (Å²) in [6.45, 7) is 0.364. The van der Waals surface area contributed by atoms with Gasteiger partial charge in [-0.3, -0.25) is 4.79 Å². The smallest absolute Gasteiger partial charge is 0.416 e. The number of urea groups is 1. The summed E-state index contributed by atoms with van der Waals surface area (Å²) in [5.41, 5.74) is 0.533. The SMILES string of the molecule is COc1ccc(NC(=O)N2CCc3nc(Cc4cccc(C(F)(F)F)c4)[nH]c(=O)c3C2)c(OC)c1. The monoisotopic (exact) mass is 488 g/mol. The van der Waals surface area contributed by atoms with Crippen molar-refractivity contribution in [2.24, 2.45) is 0 Å². The molecule has 8 nitrogen and oxygen atoms in total. The van der Waals surface area contributed by atoms with Gasteiger partial charge in [0, 0.05) is 25.5 Å². The van der Waals surface area contributed by atoms with Crippen molar-refractivity contribution >= 4 is 11.7 Å². The van der Waals surface area contributed by atoms with E-state index in [1.807, 2.05) is 0 Å². The van der Waals surface area contributed by atoms with Crippen molar-refractivity contribution in [3.63, 3.8) is 0 Å². The summed E-state index contributed by atoms with van der Waals surface area (Å²) in [5, 5.41) is 2.78. The van der Waals surface area contributed by atoms with E-state index in [9.17, 15) is 22.8 Å². The number of fused-ring (bicyclic) bond motifs is 1. The molecule has 1 aliphatic heterocycles. The molecule has 0 spiro atoms. The van der Waals surface area contributed by atoms with Crippen LogP contribution in [0.1, 0.15) is 28.2 Å². The van der Waals surface area contributed by atoms with Crippen molar-refractivity contribution in [3.8, 4) is 11.5 Å². The van der Waals surface area contributed by atoms with Crippen LogP contribution in [0.2, 0.25) is 0 Å². The number of anilines is 1. The molecular formula is C24H23F3N4O4. The minimum atomic E-state index is -4.45. The molecule has 4 rings (SSSR count). The van der Waals surface area contributed by atoms with Crippen molar-refractivity contribution < 1.29 is 27.4 Å². The van der Waals surface area contributed by atoms with Gasteiger partial charge in [0.1, 0.15) is 17.3 Å². The zero-order valence-electron chi connectivity index (χ0n) is 19.0. The summed E-state index contributed by atoms with van der Waals surface area (Å²) in [5.74, 6) is 1.27. The van der Waals surface area contributed by atoms with Crippen LogP contribution in [0.15, 0.2) is 47.3 Å². The summed E-state index contributed by atoms with van der Waals surface area (Å²) >= 11 is 0. The fourth-order valence-corrected chi connectivity index (χ4v) is 3.88.